The molecule has 2 aromatic carbocycles. The van der Waals surface area contributed by atoms with Crippen molar-refractivity contribution in [3.05, 3.63) is 67.8 Å². The van der Waals surface area contributed by atoms with Crippen LogP contribution in [0, 0.1) is 20.2 Å². The lowest BCUT2D eigenvalue weighted by Gasteiger charge is -2.12. The maximum Gasteiger partial charge on any atom is 0.338 e. The zero-order chi connectivity index (χ0) is 19.4. The van der Waals surface area contributed by atoms with E-state index in [4.69, 9.17) is 0 Å². The summed E-state index contributed by atoms with van der Waals surface area (Å²) in [7, 11) is 2.20. The highest BCUT2D eigenvalue weighted by Crippen LogP contribution is 2.33. The molecule has 0 aliphatic carbocycles. The first kappa shape index (κ1) is 18.5. The summed E-state index contributed by atoms with van der Waals surface area (Å²) in [5.74, 6) is -1.73. The standard InChI is InChI=1S/C16H12N2O8/c1-25-15(19)13-7-9(17(21)22)3-5-11(13)12-6-4-10(18(23)24)8-14(12)16(20)26-2/h3-8H,1-2H3. The van der Waals surface area contributed by atoms with Crippen LogP contribution < -0.4 is 0 Å². The summed E-state index contributed by atoms with van der Waals surface area (Å²) in [6.45, 7) is 0. The van der Waals surface area contributed by atoms with Crippen molar-refractivity contribution >= 4 is 23.3 Å². The third-order valence-electron chi connectivity index (χ3n) is 3.53. The van der Waals surface area contributed by atoms with E-state index in [1.54, 1.807) is 0 Å². The van der Waals surface area contributed by atoms with Crippen molar-refractivity contribution in [2.24, 2.45) is 0 Å². The van der Waals surface area contributed by atoms with Gasteiger partial charge >= 0.3 is 11.9 Å². The molecule has 0 saturated carbocycles. The molecule has 0 unspecified atom stereocenters. The summed E-state index contributed by atoms with van der Waals surface area (Å²) < 4.78 is 9.27. The minimum absolute atomic E-state index is 0.137. The minimum atomic E-state index is -0.863. The van der Waals surface area contributed by atoms with Crippen molar-refractivity contribution in [1.29, 1.82) is 0 Å². The van der Waals surface area contributed by atoms with Crippen molar-refractivity contribution in [2.45, 2.75) is 0 Å². The number of carbonyl (C=O) groups is 2. The van der Waals surface area contributed by atoms with Crippen LogP contribution in [0.5, 0.6) is 0 Å². The number of carbonyl (C=O) groups excluding carboxylic acids is 2. The van der Waals surface area contributed by atoms with Gasteiger partial charge in [-0.25, -0.2) is 9.59 Å². The molecule has 0 radical (unpaired) electrons. The fraction of sp³-hybridized carbons (Fsp3) is 0.125. The summed E-state index contributed by atoms with van der Waals surface area (Å²) >= 11 is 0. The van der Waals surface area contributed by atoms with E-state index in [-0.39, 0.29) is 33.6 Å². The van der Waals surface area contributed by atoms with Crippen LogP contribution in [-0.4, -0.2) is 36.0 Å². The van der Waals surface area contributed by atoms with E-state index in [1.807, 2.05) is 0 Å². The van der Waals surface area contributed by atoms with Gasteiger partial charge in [-0.15, -0.1) is 0 Å². The Morgan fingerprint density at radius 1 is 0.769 bits per heavy atom. The molecule has 2 rings (SSSR count). The van der Waals surface area contributed by atoms with Gasteiger partial charge in [-0.05, 0) is 23.3 Å². The Kier molecular flexibility index (Phi) is 5.26. The van der Waals surface area contributed by atoms with Gasteiger partial charge in [0.15, 0.2) is 0 Å². The lowest BCUT2D eigenvalue weighted by molar-refractivity contribution is -0.385. The largest absolute Gasteiger partial charge is 0.465 e. The molecule has 0 aliphatic rings. The second-order valence-corrected chi connectivity index (χ2v) is 4.96. The molecule has 0 spiro atoms. The highest BCUT2D eigenvalue weighted by molar-refractivity contribution is 6.04. The first-order valence-corrected chi connectivity index (χ1v) is 7.04. The second-order valence-electron chi connectivity index (χ2n) is 4.96. The zero-order valence-corrected chi connectivity index (χ0v) is 13.6. The first-order chi connectivity index (χ1) is 12.3. The van der Waals surface area contributed by atoms with E-state index in [0.29, 0.717) is 0 Å². The Bertz CT molecular complexity index is 847. The Labute approximate surface area is 146 Å². The molecule has 134 valence electrons. The van der Waals surface area contributed by atoms with Gasteiger partial charge in [0.25, 0.3) is 11.4 Å². The number of nitrogens with zero attached hydrogens (tertiary/aromatic N) is 2. The summed E-state index contributed by atoms with van der Waals surface area (Å²) in [5, 5.41) is 21.9. The third-order valence-corrected chi connectivity index (χ3v) is 3.53. The maximum absolute atomic E-state index is 12.0. The lowest BCUT2D eigenvalue weighted by atomic mass is 9.94. The van der Waals surface area contributed by atoms with Crippen LogP contribution in [0.4, 0.5) is 11.4 Å². The van der Waals surface area contributed by atoms with Gasteiger partial charge in [0, 0.05) is 24.3 Å². The summed E-state index contributed by atoms with van der Waals surface area (Å²) in [6, 6.07) is 6.82. The van der Waals surface area contributed by atoms with Crippen molar-refractivity contribution in [3.8, 4) is 11.1 Å². The molecule has 10 heteroatoms. The van der Waals surface area contributed by atoms with Crippen LogP contribution in [0.25, 0.3) is 11.1 Å². The van der Waals surface area contributed by atoms with Crippen LogP contribution in [-0.2, 0) is 9.47 Å². The average molecular weight is 360 g/mol. The van der Waals surface area contributed by atoms with Gasteiger partial charge in [-0.2, -0.15) is 0 Å². The highest BCUT2D eigenvalue weighted by atomic mass is 16.6. The van der Waals surface area contributed by atoms with Crippen molar-refractivity contribution in [1.82, 2.24) is 0 Å². The molecule has 0 heterocycles. The smallest absolute Gasteiger partial charge is 0.338 e. The Hall–Kier alpha value is -3.82. The molecule has 0 aromatic heterocycles. The Morgan fingerprint density at radius 3 is 1.38 bits per heavy atom. The number of esters is 2. The van der Waals surface area contributed by atoms with Crippen LogP contribution in [0.15, 0.2) is 36.4 Å². The number of rotatable bonds is 5. The maximum atomic E-state index is 12.0. The molecule has 10 nitrogen and oxygen atoms in total. The molecular weight excluding hydrogens is 348 g/mol. The number of benzene rings is 2. The Balaban J connectivity index is 2.78. The molecule has 2 aromatic rings. The van der Waals surface area contributed by atoms with Gasteiger partial charge in [-0.1, -0.05) is 0 Å². The van der Waals surface area contributed by atoms with Crippen LogP contribution in [0.1, 0.15) is 20.7 Å². The molecule has 0 amide bonds. The topological polar surface area (TPSA) is 139 Å². The molecule has 0 saturated heterocycles. The van der Waals surface area contributed by atoms with Crippen molar-refractivity contribution < 1.29 is 28.9 Å². The fourth-order valence-electron chi connectivity index (χ4n) is 2.32. The number of ether oxygens (including phenoxy) is 2. The summed E-state index contributed by atoms with van der Waals surface area (Å²) in [5.41, 5.74) is -0.761. The number of methoxy groups -OCH3 is 2. The molecule has 0 aliphatic heterocycles. The van der Waals surface area contributed by atoms with Crippen LogP contribution in [0.2, 0.25) is 0 Å². The van der Waals surface area contributed by atoms with Crippen molar-refractivity contribution in [3.63, 3.8) is 0 Å². The van der Waals surface area contributed by atoms with E-state index in [0.717, 1.165) is 38.5 Å². The SMILES string of the molecule is COC(=O)c1cc([N+](=O)[O-])ccc1-c1ccc([N+](=O)[O-])cc1C(=O)OC. The van der Waals surface area contributed by atoms with E-state index in [9.17, 15) is 29.8 Å². The van der Waals surface area contributed by atoms with E-state index in [1.165, 1.54) is 12.1 Å². The summed E-state index contributed by atoms with van der Waals surface area (Å²) in [4.78, 5) is 44.6. The van der Waals surface area contributed by atoms with E-state index >= 15 is 0 Å². The third kappa shape index (κ3) is 3.48. The first-order valence-electron chi connectivity index (χ1n) is 7.04. The van der Waals surface area contributed by atoms with E-state index < -0.39 is 21.8 Å². The molecule has 0 fully saturated rings. The van der Waals surface area contributed by atoms with Crippen LogP contribution >= 0.6 is 0 Å². The fourth-order valence-corrected chi connectivity index (χ4v) is 2.32. The van der Waals surface area contributed by atoms with Gasteiger partial charge < -0.3 is 9.47 Å². The number of nitro groups is 2. The summed E-state index contributed by atoms with van der Waals surface area (Å²) in [6.07, 6.45) is 0. The highest BCUT2D eigenvalue weighted by Gasteiger charge is 2.24. The number of hydrogen-bond donors (Lipinski definition) is 0. The van der Waals surface area contributed by atoms with E-state index in [2.05, 4.69) is 9.47 Å². The predicted molar refractivity (Wildman–Crippen MR) is 87.9 cm³/mol. The zero-order valence-electron chi connectivity index (χ0n) is 13.6. The molecule has 0 bridgehead atoms. The molecular formula is C16H12N2O8. The van der Waals surface area contributed by atoms with Gasteiger partial charge in [0.2, 0.25) is 0 Å². The predicted octanol–water partition coefficient (Wildman–Crippen LogP) is 2.74. The number of nitro benzene ring substituents is 2. The average Bonchev–Trinajstić information content (AvgIpc) is 2.65. The number of hydrogen-bond acceptors (Lipinski definition) is 8. The quantitative estimate of drug-likeness (QED) is 0.450. The normalized spacial score (nSPS) is 10.1. The van der Waals surface area contributed by atoms with Gasteiger partial charge in [-0.3, -0.25) is 20.2 Å². The Morgan fingerprint density at radius 2 is 1.12 bits per heavy atom. The monoisotopic (exact) mass is 360 g/mol. The minimum Gasteiger partial charge on any atom is -0.465 e. The van der Waals surface area contributed by atoms with Gasteiger partial charge in [0.05, 0.1) is 35.2 Å². The van der Waals surface area contributed by atoms with Crippen LogP contribution in [0.3, 0.4) is 0 Å². The number of non-ortho nitro benzene ring substituents is 2. The molecule has 0 N–H and O–H groups in total. The second kappa shape index (κ2) is 7.38. The van der Waals surface area contributed by atoms with Gasteiger partial charge in [0.1, 0.15) is 0 Å². The lowest BCUT2D eigenvalue weighted by Crippen LogP contribution is -2.09. The molecule has 26 heavy (non-hydrogen) atoms. The van der Waals surface area contributed by atoms with Crippen molar-refractivity contribution in [2.75, 3.05) is 14.2 Å². The molecule has 0 atom stereocenters.